The summed E-state index contributed by atoms with van der Waals surface area (Å²) in [6.07, 6.45) is -10.5. The van der Waals surface area contributed by atoms with Gasteiger partial charge in [0.05, 0.1) is 23.8 Å². The molecule has 4 rings (SSSR count). The van der Waals surface area contributed by atoms with E-state index in [9.17, 15) is 49.5 Å². The second kappa shape index (κ2) is 13.8. The van der Waals surface area contributed by atoms with E-state index in [4.69, 9.17) is 4.74 Å². The number of ether oxygens (including phenoxy) is 1. The van der Waals surface area contributed by atoms with E-state index >= 15 is 0 Å². The SMILES string of the molecule is CC[C@@H](Nc1cc(F)c(C(=O)N[C@@H](Cc2ccc(-c3c(C(F)(F)F)cc(C)n(C)c3=O)c3nc(C)ccc23)C(=O)OC)c(F)c1)C(F)(F)F. The summed E-state index contributed by atoms with van der Waals surface area (Å²) in [7, 11) is 2.30. The molecule has 0 aliphatic carbocycles. The Hall–Kier alpha value is -5.02. The summed E-state index contributed by atoms with van der Waals surface area (Å²) in [5.74, 6) is -5.54. The Morgan fingerprint density at radius 3 is 2.16 bits per heavy atom. The number of aromatic nitrogens is 2. The molecule has 2 aromatic heterocycles. The smallest absolute Gasteiger partial charge is 0.417 e. The van der Waals surface area contributed by atoms with Crippen molar-refractivity contribution >= 4 is 28.5 Å². The summed E-state index contributed by atoms with van der Waals surface area (Å²) in [6.45, 7) is 4.13. The van der Waals surface area contributed by atoms with Gasteiger partial charge in [-0.25, -0.2) is 13.6 Å². The molecule has 0 aliphatic rings. The van der Waals surface area contributed by atoms with Crippen molar-refractivity contribution in [2.24, 2.45) is 7.05 Å². The van der Waals surface area contributed by atoms with E-state index in [0.29, 0.717) is 17.8 Å². The predicted molar refractivity (Wildman–Crippen MR) is 164 cm³/mol. The third-order valence-corrected chi connectivity index (χ3v) is 7.96. The molecule has 16 heteroatoms. The van der Waals surface area contributed by atoms with Crippen LogP contribution in [-0.2, 0) is 29.2 Å². The number of carbonyl (C=O) groups is 2. The van der Waals surface area contributed by atoms with Crippen LogP contribution in [0.3, 0.4) is 0 Å². The Balaban J connectivity index is 1.76. The summed E-state index contributed by atoms with van der Waals surface area (Å²) in [5, 5.41) is 4.34. The molecule has 1 amide bonds. The fourth-order valence-corrected chi connectivity index (χ4v) is 5.33. The molecule has 0 spiro atoms. The molecule has 0 bridgehead atoms. The summed E-state index contributed by atoms with van der Waals surface area (Å²) < 4.78 is 118. The van der Waals surface area contributed by atoms with Crippen LogP contribution in [0.1, 0.15) is 46.2 Å². The van der Waals surface area contributed by atoms with Crippen molar-refractivity contribution in [3.05, 3.63) is 92.5 Å². The molecule has 49 heavy (non-hydrogen) atoms. The minimum atomic E-state index is -4.91. The Bertz CT molecular complexity index is 1970. The number of amides is 1. The Kier molecular flexibility index (Phi) is 10.4. The first kappa shape index (κ1) is 36.8. The van der Waals surface area contributed by atoms with Crippen molar-refractivity contribution in [2.75, 3.05) is 12.4 Å². The van der Waals surface area contributed by atoms with Crippen molar-refractivity contribution in [3.63, 3.8) is 0 Å². The minimum Gasteiger partial charge on any atom is -0.467 e. The van der Waals surface area contributed by atoms with Gasteiger partial charge in [0.1, 0.15) is 29.3 Å². The molecule has 0 saturated carbocycles. The van der Waals surface area contributed by atoms with Crippen LogP contribution in [0.2, 0.25) is 0 Å². The van der Waals surface area contributed by atoms with E-state index in [1.54, 1.807) is 6.92 Å². The lowest BCUT2D eigenvalue weighted by Gasteiger charge is -2.22. The van der Waals surface area contributed by atoms with Gasteiger partial charge in [-0.2, -0.15) is 26.3 Å². The molecular formula is C33H30F8N4O4. The Morgan fingerprint density at radius 2 is 1.61 bits per heavy atom. The second-order valence-corrected chi connectivity index (χ2v) is 11.3. The number of aryl methyl sites for hydroxylation is 2. The zero-order valence-electron chi connectivity index (χ0n) is 26.7. The number of hydrogen-bond donors (Lipinski definition) is 2. The maximum atomic E-state index is 15.0. The maximum absolute atomic E-state index is 15.0. The van der Waals surface area contributed by atoms with Crippen molar-refractivity contribution in [3.8, 4) is 11.1 Å². The number of benzene rings is 2. The van der Waals surface area contributed by atoms with Crippen molar-refractivity contribution < 1.29 is 49.4 Å². The number of alkyl halides is 6. The van der Waals surface area contributed by atoms with Crippen LogP contribution < -0.4 is 16.2 Å². The number of methoxy groups -OCH3 is 1. The molecule has 262 valence electrons. The van der Waals surface area contributed by atoms with Crippen LogP contribution >= 0.6 is 0 Å². The van der Waals surface area contributed by atoms with Crippen molar-refractivity contribution in [1.29, 1.82) is 0 Å². The molecule has 8 nitrogen and oxygen atoms in total. The van der Waals surface area contributed by atoms with Gasteiger partial charge in [-0.1, -0.05) is 25.1 Å². The quantitative estimate of drug-likeness (QED) is 0.148. The third kappa shape index (κ3) is 7.67. The Morgan fingerprint density at radius 1 is 0.980 bits per heavy atom. The number of hydrogen-bond acceptors (Lipinski definition) is 6. The summed E-state index contributed by atoms with van der Waals surface area (Å²) in [6, 6.07) is 3.68. The Labute approximate surface area is 274 Å². The number of rotatable bonds is 9. The molecule has 2 atom stereocenters. The molecule has 2 N–H and O–H groups in total. The normalized spacial score (nSPS) is 13.2. The molecule has 0 unspecified atom stereocenters. The fraction of sp³-hybridized carbons (Fsp3) is 0.333. The summed E-state index contributed by atoms with van der Waals surface area (Å²) in [5.41, 5.74) is -4.03. The molecule has 0 aliphatic heterocycles. The van der Waals surface area contributed by atoms with Gasteiger partial charge >= 0.3 is 18.3 Å². The van der Waals surface area contributed by atoms with Gasteiger partial charge in [-0.3, -0.25) is 14.6 Å². The van der Waals surface area contributed by atoms with Crippen molar-refractivity contribution in [2.45, 2.75) is 58.0 Å². The van der Waals surface area contributed by atoms with E-state index in [-0.39, 0.29) is 27.7 Å². The van der Waals surface area contributed by atoms with E-state index < -0.39 is 88.7 Å². The van der Waals surface area contributed by atoms with E-state index in [0.717, 1.165) is 17.7 Å². The second-order valence-electron chi connectivity index (χ2n) is 11.3. The molecule has 0 fully saturated rings. The number of fused-ring (bicyclic) bond motifs is 1. The first-order valence-electron chi connectivity index (χ1n) is 14.7. The number of carbonyl (C=O) groups excluding carboxylic acids is 2. The number of halogens is 8. The monoisotopic (exact) mass is 698 g/mol. The van der Waals surface area contributed by atoms with Gasteiger partial charge in [0.25, 0.3) is 11.5 Å². The maximum Gasteiger partial charge on any atom is 0.417 e. The number of nitrogens with one attached hydrogen (secondary N) is 2. The highest BCUT2D eigenvalue weighted by molar-refractivity contribution is 5.99. The first-order valence-corrected chi connectivity index (χ1v) is 14.7. The zero-order chi connectivity index (χ0) is 36.6. The average molecular weight is 699 g/mol. The number of nitrogens with zero attached hydrogens (tertiary/aromatic N) is 2. The number of esters is 1. The highest BCUT2D eigenvalue weighted by Crippen LogP contribution is 2.39. The van der Waals surface area contributed by atoms with Gasteiger partial charge in [0.15, 0.2) is 0 Å². The average Bonchev–Trinajstić information content (AvgIpc) is 3.00. The van der Waals surface area contributed by atoms with Gasteiger partial charge in [0, 0.05) is 41.5 Å². The van der Waals surface area contributed by atoms with Crippen LogP contribution in [-0.4, -0.2) is 46.8 Å². The fourth-order valence-electron chi connectivity index (χ4n) is 5.33. The molecule has 2 heterocycles. The van der Waals surface area contributed by atoms with Crippen LogP contribution in [0.15, 0.2) is 47.3 Å². The lowest BCUT2D eigenvalue weighted by atomic mass is 9.93. The van der Waals surface area contributed by atoms with Crippen molar-refractivity contribution in [1.82, 2.24) is 14.9 Å². The third-order valence-electron chi connectivity index (χ3n) is 7.96. The molecular weight excluding hydrogens is 668 g/mol. The molecule has 0 radical (unpaired) electrons. The standard InChI is InChI=1S/C33H30F8N4O4/c1-6-25(33(39,40)41)43-18-13-22(34)27(23(35)14-18)29(46)44-24(31(48)49-5)12-17-8-10-20(28-19(17)9-7-15(2)42-28)26-21(32(36,37)38)11-16(3)45(4)30(26)47/h7-11,13-14,24-25,43H,6,12H2,1-5H3,(H,44,46)/t24-,25+/m0/s1. The number of pyridine rings is 2. The topological polar surface area (TPSA) is 102 Å². The molecule has 0 saturated heterocycles. The van der Waals surface area contributed by atoms with Crippen LogP contribution in [0.5, 0.6) is 0 Å². The first-order chi connectivity index (χ1) is 22.8. The van der Waals surface area contributed by atoms with Gasteiger partial charge in [-0.15, -0.1) is 0 Å². The lowest BCUT2D eigenvalue weighted by molar-refractivity contribution is -0.143. The highest BCUT2D eigenvalue weighted by atomic mass is 19.4. The number of anilines is 1. The van der Waals surface area contributed by atoms with E-state index in [2.05, 4.69) is 10.3 Å². The van der Waals surface area contributed by atoms with E-state index in [1.807, 2.05) is 5.32 Å². The van der Waals surface area contributed by atoms with E-state index in [1.165, 1.54) is 45.2 Å². The largest absolute Gasteiger partial charge is 0.467 e. The summed E-state index contributed by atoms with van der Waals surface area (Å²) >= 11 is 0. The van der Waals surface area contributed by atoms with Crippen LogP contribution in [0, 0.1) is 25.5 Å². The van der Waals surface area contributed by atoms with Gasteiger partial charge < -0.3 is 19.9 Å². The van der Waals surface area contributed by atoms with Gasteiger partial charge in [0.2, 0.25) is 0 Å². The van der Waals surface area contributed by atoms with Gasteiger partial charge in [-0.05, 0) is 50.1 Å². The molecule has 4 aromatic rings. The van der Waals surface area contributed by atoms with Crippen LogP contribution in [0.25, 0.3) is 22.0 Å². The minimum absolute atomic E-state index is 0.0247. The highest BCUT2D eigenvalue weighted by Gasteiger charge is 2.39. The zero-order valence-corrected chi connectivity index (χ0v) is 26.7. The predicted octanol–water partition coefficient (Wildman–Crippen LogP) is 6.78. The lowest BCUT2D eigenvalue weighted by Crippen LogP contribution is -2.43. The van der Waals surface area contributed by atoms with Crippen LogP contribution in [0.4, 0.5) is 40.8 Å². The summed E-state index contributed by atoms with van der Waals surface area (Å²) in [4.78, 5) is 43.5. The molecule has 2 aromatic carbocycles.